The monoisotopic (exact) mass is 258 g/mol. The number of nitrogens with zero attached hydrogens (tertiary/aromatic N) is 1. The molecule has 3 atom stereocenters. The number of rotatable bonds is 8. The molecule has 0 rings (SSSR count). The quantitative estimate of drug-likeness (QED) is 0.649. The zero-order valence-electron chi connectivity index (χ0n) is 11.3. The third-order valence-corrected chi connectivity index (χ3v) is 2.90. The van der Waals surface area contributed by atoms with E-state index in [1.807, 2.05) is 20.8 Å². The summed E-state index contributed by atoms with van der Waals surface area (Å²) in [7, 11) is 0. The van der Waals surface area contributed by atoms with Gasteiger partial charge >= 0.3 is 5.97 Å². The number of aliphatic carboxylic acids is 1. The second-order valence-electron chi connectivity index (χ2n) is 4.96. The molecule has 1 amide bonds. The van der Waals surface area contributed by atoms with Gasteiger partial charge in [0, 0.05) is 0 Å². The van der Waals surface area contributed by atoms with E-state index >= 15 is 0 Å². The molecule has 18 heavy (non-hydrogen) atoms. The zero-order chi connectivity index (χ0) is 14.3. The van der Waals surface area contributed by atoms with Crippen LogP contribution in [-0.2, 0) is 9.59 Å². The highest BCUT2D eigenvalue weighted by Crippen LogP contribution is 2.11. The average Bonchev–Trinajstić information content (AvgIpc) is 2.30. The highest BCUT2D eigenvalue weighted by molar-refractivity contribution is 5.87. The van der Waals surface area contributed by atoms with Crippen LogP contribution in [0.2, 0.25) is 0 Å². The summed E-state index contributed by atoms with van der Waals surface area (Å²) < 4.78 is 0. The van der Waals surface area contributed by atoms with Crippen LogP contribution in [0.3, 0.4) is 0 Å². The molecule has 0 spiro atoms. The molecule has 0 radical (unpaired) electrons. The maximum atomic E-state index is 11.8. The van der Waals surface area contributed by atoms with Crippen LogP contribution >= 0.6 is 0 Å². The molecule has 0 aromatic rings. The molecule has 2 N–H and O–H groups in total. The largest absolute Gasteiger partial charge is 0.480 e. The van der Waals surface area contributed by atoms with Crippen molar-refractivity contribution in [3.63, 3.8) is 0 Å². The molecule has 0 aliphatic heterocycles. The van der Waals surface area contributed by atoms with Gasteiger partial charge in [0.2, 0.25) is 5.91 Å². The summed E-state index contributed by atoms with van der Waals surface area (Å²) in [5.41, 5.74) is 0. The molecule has 104 valence electrons. The van der Waals surface area contributed by atoms with Crippen LogP contribution < -0.4 is 5.32 Å². The summed E-state index contributed by atoms with van der Waals surface area (Å²) >= 11 is 0. The van der Waals surface area contributed by atoms with E-state index in [0.29, 0.717) is 12.8 Å². The van der Waals surface area contributed by atoms with Crippen LogP contribution in [0.1, 0.15) is 40.5 Å². The van der Waals surface area contributed by atoms with Crippen molar-refractivity contribution in [2.45, 2.75) is 52.6 Å². The Bertz CT molecular complexity index is 304. The fourth-order valence-electron chi connectivity index (χ4n) is 1.58. The van der Waals surface area contributed by atoms with Gasteiger partial charge in [0.25, 0.3) is 0 Å². The molecule has 0 saturated heterocycles. The molecular formula is C12H22N2O4. The van der Waals surface area contributed by atoms with E-state index in [-0.39, 0.29) is 11.8 Å². The normalized spacial score (nSPS) is 15.8. The highest BCUT2D eigenvalue weighted by atomic mass is 16.4. The Hall–Kier alpha value is -1.46. The van der Waals surface area contributed by atoms with Crippen LogP contribution in [0.5, 0.6) is 0 Å². The van der Waals surface area contributed by atoms with Crippen LogP contribution in [0.15, 0.2) is 5.18 Å². The van der Waals surface area contributed by atoms with E-state index < -0.39 is 24.0 Å². The van der Waals surface area contributed by atoms with E-state index in [1.165, 1.54) is 0 Å². The van der Waals surface area contributed by atoms with Crippen LogP contribution in [0.4, 0.5) is 0 Å². The van der Waals surface area contributed by atoms with Crippen molar-refractivity contribution in [1.82, 2.24) is 5.32 Å². The maximum absolute atomic E-state index is 11.8. The predicted octanol–water partition coefficient (Wildman–Crippen LogP) is 1.78. The zero-order valence-corrected chi connectivity index (χ0v) is 11.3. The summed E-state index contributed by atoms with van der Waals surface area (Å²) in [6.45, 7) is 7.32. The van der Waals surface area contributed by atoms with Gasteiger partial charge in [-0.2, -0.15) is 0 Å². The molecule has 6 nitrogen and oxygen atoms in total. The summed E-state index contributed by atoms with van der Waals surface area (Å²) in [6.07, 6.45) is 0.947. The molecule has 0 saturated carbocycles. The van der Waals surface area contributed by atoms with Crippen molar-refractivity contribution in [1.29, 1.82) is 0 Å². The lowest BCUT2D eigenvalue weighted by atomic mass is 9.98. The van der Waals surface area contributed by atoms with Crippen LogP contribution in [0, 0.1) is 16.7 Å². The van der Waals surface area contributed by atoms with Gasteiger partial charge in [-0.15, -0.1) is 4.91 Å². The van der Waals surface area contributed by atoms with Gasteiger partial charge in [-0.25, -0.2) is 4.79 Å². The van der Waals surface area contributed by atoms with Gasteiger partial charge in [0.15, 0.2) is 6.04 Å². The number of carbonyl (C=O) groups is 2. The highest BCUT2D eigenvalue weighted by Gasteiger charge is 2.29. The smallest absolute Gasteiger partial charge is 0.326 e. The fraction of sp³-hybridized carbons (Fsp3) is 0.833. The second kappa shape index (κ2) is 7.79. The minimum atomic E-state index is -1.09. The predicted molar refractivity (Wildman–Crippen MR) is 68.1 cm³/mol. The molecule has 0 bridgehead atoms. The van der Waals surface area contributed by atoms with Crippen LogP contribution in [0.25, 0.3) is 0 Å². The first-order valence-electron chi connectivity index (χ1n) is 6.19. The fourth-order valence-corrected chi connectivity index (χ4v) is 1.58. The minimum absolute atomic E-state index is 0.144. The lowest BCUT2D eigenvalue weighted by molar-refractivity contribution is -0.143. The molecule has 0 aliphatic rings. The number of nitrogens with one attached hydrogen (secondary N) is 1. The van der Waals surface area contributed by atoms with Gasteiger partial charge in [-0.3, -0.25) is 4.79 Å². The number of nitroso groups, excluding NO2 is 1. The van der Waals surface area contributed by atoms with Gasteiger partial charge < -0.3 is 10.4 Å². The van der Waals surface area contributed by atoms with Crippen molar-refractivity contribution in [2.75, 3.05) is 0 Å². The Morgan fingerprint density at radius 3 is 2.17 bits per heavy atom. The standard InChI is InChI=1S/C12H22N2O4/c1-5-8(4)10(12(16)17)13-11(15)9(14-18)6-7(2)3/h7-10H,5-6H2,1-4H3,(H,13,15)(H,16,17)/t8-,9-,10-/m0/s1. The molecular weight excluding hydrogens is 236 g/mol. The number of carboxylic acids is 1. The number of carboxylic acid groups (broad SMARTS) is 1. The second-order valence-corrected chi connectivity index (χ2v) is 4.96. The van der Waals surface area contributed by atoms with Crippen molar-refractivity contribution >= 4 is 11.9 Å². The van der Waals surface area contributed by atoms with E-state index in [2.05, 4.69) is 10.5 Å². The first-order chi connectivity index (χ1) is 8.33. The van der Waals surface area contributed by atoms with E-state index in [0.717, 1.165) is 0 Å². The van der Waals surface area contributed by atoms with Crippen molar-refractivity contribution in [3.8, 4) is 0 Å². The SMILES string of the molecule is CC[C@H](C)[C@H](NC(=O)[C@H](CC(C)C)N=O)C(=O)O. The Labute approximate surface area is 107 Å². The molecule has 0 heterocycles. The number of hydrogen-bond donors (Lipinski definition) is 2. The van der Waals surface area contributed by atoms with Gasteiger partial charge in [-0.05, 0) is 18.3 Å². The van der Waals surface area contributed by atoms with Gasteiger partial charge in [0.1, 0.15) is 6.04 Å². The third kappa shape index (κ3) is 5.25. The lowest BCUT2D eigenvalue weighted by Crippen LogP contribution is -2.48. The van der Waals surface area contributed by atoms with E-state index in [1.54, 1.807) is 6.92 Å². The average molecular weight is 258 g/mol. The first kappa shape index (κ1) is 16.5. The molecule has 0 unspecified atom stereocenters. The molecule has 0 aromatic heterocycles. The molecule has 0 aliphatic carbocycles. The van der Waals surface area contributed by atoms with E-state index in [9.17, 15) is 14.5 Å². The van der Waals surface area contributed by atoms with Crippen molar-refractivity contribution in [2.24, 2.45) is 17.0 Å². The van der Waals surface area contributed by atoms with Crippen LogP contribution in [-0.4, -0.2) is 29.1 Å². The van der Waals surface area contributed by atoms with Crippen molar-refractivity contribution < 1.29 is 14.7 Å². The summed E-state index contributed by atoms with van der Waals surface area (Å²) in [5.74, 6) is -1.75. The Balaban J connectivity index is 4.66. The minimum Gasteiger partial charge on any atom is -0.480 e. The van der Waals surface area contributed by atoms with Gasteiger partial charge in [0.05, 0.1) is 0 Å². The first-order valence-corrected chi connectivity index (χ1v) is 6.19. The Morgan fingerprint density at radius 2 is 1.83 bits per heavy atom. The molecule has 0 aromatic carbocycles. The molecule has 6 heteroatoms. The summed E-state index contributed by atoms with van der Waals surface area (Å²) in [5, 5.41) is 14.2. The third-order valence-electron chi connectivity index (χ3n) is 2.90. The topological polar surface area (TPSA) is 95.8 Å². The molecule has 0 fully saturated rings. The number of carbonyl (C=O) groups excluding carboxylic acids is 1. The van der Waals surface area contributed by atoms with E-state index in [4.69, 9.17) is 5.11 Å². The Kier molecular flexibility index (Phi) is 7.16. The summed E-state index contributed by atoms with van der Waals surface area (Å²) in [4.78, 5) is 33.4. The number of amides is 1. The number of hydrogen-bond acceptors (Lipinski definition) is 4. The Morgan fingerprint density at radius 1 is 1.28 bits per heavy atom. The van der Waals surface area contributed by atoms with Crippen molar-refractivity contribution in [3.05, 3.63) is 4.91 Å². The lowest BCUT2D eigenvalue weighted by Gasteiger charge is -2.21. The van der Waals surface area contributed by atoms with Gasteiger partial charge in [-0.1, -0.05) is 39.3 Å². The summed E-state index contributed by atoms with van der Waals surface area (Å²) in [6, 6.07) is -1.99. The maximum Gasteiger partial charge on any atom is 0.326 e.